The largest absolute Gasteiger partial charge is 0.468 e. The lowest BCUT2D eigenvalue weighted by Crippen LogP contribution is -2.09. The molecular weight excluding hydrogens is 235 g/mol. The molecule has 0 aliphatic heterocycles. The van der Waals surface area contributed by atoms with Crippen molar-refractivity contribution in [2.45, 2.75) is 32.2 Å². The van der Waals surface area contributed by atoms with Gasteiger partial charge in [-0.2, -0.15) is 13.2 Å². The molecule has 0 bridgehead atoms. The van der Waals surface area contributed by atoms with Crippen molar-refractivity contribution >= 4 is 0 Å². The van der Waals surface area contributed by atoms with Crippen LogP contribution in [0.4, 0.5) is 13.2 Å². The summed E-state index contributed by atoms with van der Waals surface area (Å²) < 4.78 is 45.9. The Bertz CT molecular complexity index is 323. The molecule has 3 nitrogen and oxygen atoms in total. The van der Waals surface area contributed by atoms with Crippen LogP contribution in [0.25, 0.3) is 0 Å². The fraction of sp³-hybridized carbons (Fsp3) is 0.636. The molecule has 98 valence electrons. The monoisotopic (exact) mass is 251 g/mol. The molecule has 6 heteroatoms. The van der Waals surface area contributed by atoms with Crippen molar-refractivity contribution in [2.24, 2.45) is 0 Å². The maximum atomic E-state index is 11.8. The van der Waals surface area contributed by atoms with E-state index in [2.05, 4.69) is 5.32 Å². The standard InChI is InChI=1S/C11H16F3NO2/c1-15-7-10-9(3-6-17-10)8-16-5-2-4-11(12,13)14/h3,6,15H,2,4-5,7-8H2,1H3. The van der Waals surface area contributed by atoms with Crippen LogP contribution in [0.2, 0.25) is 0 Å². The number of hydrogen-bond acceptors (Lipinski definition) is 3. The van der Waals surface area contributed by atoms with Crippen LogP contribution in [0.1, 0.15) is 24.2 Å². The Labute approximate surface area is 97.9 Å². The van der Waals surface area contributed by atoms with Crippen molar-refractivity contribution in [3.05, 3.63) is 23.7 Å². The second-order valence-electron chi connectivity index (χ2n) is 3.67. The lowest BCUT2D eigenvalue weighted by atomic mass is 10.2. The number of ether oxygens (including phenoxy) is 1. The fourth-order valence-electron chi connectivity index (χ4n) is 1.37. The second kappa shape index (κ2) is 6.66. The van der Waals surface area contributed by atoms with E-state index < -0.39 is 12.6 Å². The molecule has 0 fully saturated rings. The highest BCUT2D eigenvalue weighted by Gasteiger charge is 2.25. The minimum absolute atomic E-state index is 0.0112. The van der Waals surface area contributed by atoms with Gasteiger partial charge in [0.1, 0.15) is 5.76 Å². The third kappa shape index (κ3) is 5.74. The van der Waals surface area contributed by atoms with Gasteiger partial charge in [0.05, 0.1) is 19.4 Å². The number of alkyl halides is 3. The smallest absolute Gasteiger partial charge is 0.389 e. The van der Waals surface area contributed by atoms with Gasteiger partial charge in [-0.15, -0.1) is 0 Å². The third-order valence-corrected chi connectivity index (χ3v) is 2.18. The average Bonchev–Trinajstić information content (AvgIpc) is 2.64. The summed E-state index contributed by atoms with van der Waals surface area (Å²) in [5, 5.41) is 2.93. The Morgan fingerprint density at radius 1 is 1.41 bits per heavy atom. The van der Waals surface area contributed by atoms with Gasteiger partial charge in [-0.3, -0.25) is 0 Å². The zero-order valence-corrected chi connectivity index (χ0v) is 9.64. The van der Waals surface area contributed by atoms with Crippen molar-refractivity contribution < 1.29 is 22.3 Å². The number of rotatable bonds is 7. The van der Waals surface area contributed by atoms with Crippen molar-refractivity contribution in [2.75, 3.05) is 13.7 Å². The molecule has 1 aromatic heterocycles. The quantitative estimate of drug-likeness (QED) is 0.757. The van der Waals surface area contributed by atoms with Crippen LogP contribution in [0.3, 0.4) is 0 Å². The number of hydrogen-bond donors (Lipinski definition) is 1. The molecule has 17 heavy (non-hydrogen) atoms. The fourth-order valence-corrected chi connectivity index (χ4v) is 1.37. The summed E-state index contributed by atoms with van der Waals surface area (Å²) in [7, 11) is 1.79. The van der Waals surface area contributed by atoms with Crippen LogP contribution in [0.15, 0.2) is 16.7 Å². The van der Waals surface area contributed by atoms with Crippen LogP contribution in [-0.2, 0) is 17.9 Å². The van der Waals surface area contributed by atoms with Gasteiger partial charge in [-0.25, -0.2) is 0 Å². The Balaban J connectivity index is 2.20. The average molecular weight is 251 g/mol. The van der Waals surface area contributed by atoms with E-state index in [1.54, 1.807) is 19.4 Å². The summed E-state index contributed by atoms with van der Waals surface area (Å²) in [6.45, 7) is 0.962. The van der Waals surface area contributed by atoms with E-state index >= 15 is 0 Å². The van der Waals surface area contributed by atoms with E-state index in [0.717, 1.165) is 11.3 Å². The van der Waals surface area contributed by atoms with Crippen LogP contribution in [-0.4, -0.2) is 19.8 Å². The Kier molecular flexibility index (Phi) is 5.50. The summed E-state index contributed by atoms with van der Waals surface area (Å²) >= 11 is 0. The highest BCUT2D eigenvalue weighted by atomic mass is 19.4. The number of halogens is 3. The first-order valence-electron chi connectivity index (χ1n) is 5.37. The minimum Gasteiger partial charge on any atom is -0.468 e. The van der Waals surface area contributed by atoms with E-state index in [1.165, 1.54) is 0 Å². The van der Waals surface area contributed by atoms with Crippen LogP contribution >= 0.6 is 0 Å². The SMILES string of the molecule is CNCc1occc1COCCCC(F)(F)F. The van der Waals surface area contributed by atoms with Crippen molar-refractivity contribution in [1.82, 2.24) is 5.32 Å². The molecule has 0 aliphatic rings. The first-order valence-corrected chi connectivity index (χ1v) is 5.37. The molecule has 0 saturated heterocycles. The van der Waals surface area contributed by atoms with Gasteiger partial charge >= 0.3 is 6.18 Å². The van der Waals surface area contributed by atoms with Gasteiger partial charge in [-0.05, 0) is 19.5 Å². The van der Waals surface area contributed by atoms with E-state index in [4.69, 9.17) is 9.15 Å². The van der Waals surface area contributed by atoms with Crippen LogP contribution < -0.4 is 5.32 Å². The Morgan fingerprint density at radius 3 is 2.82 bits per heavy atom. The number of nitrogens with one attached hydrogen (secondary N) is 1. The van der Waals surface area contributed by atoms with Gasteiger partial charge in [-0.1, -0.05) is 0 Å². The zero-order valence-electron chi connectivity index (χ0n) is 9.64. The molecule has 1 N–H and O–H groups in total. The second-order valence-corrected chi connectivity index (χ2v) is 3.67. The lowest BCUT2D eigenvalue weighted by molar-refractivity contribution is -0.138. The van der Waals surface area contributed by atoms with Crippen molar-refractivity contribution in [3.63, 3.8) is 0 Å². The molecule has 0 spiro atoms. The van der Waals surface area contributed by atoms with Crippen molar-refractivity contribution in [3.8, 4) is 0 Å². The summed E-state index contributed by atoms with van der Waals surface area (Å²) in [5.41, 5.74) is 0.867. The molecule has 0 atom stereocenters. The molecule has 0 radical (unpaired) electrons. The molecular formula is C11H16F3NO2. The highest BCUT2D eigenvalue weighted by molar-refractivity contribution is 5.15. The van der Waals surface area contributed by atoms with E-state index in [9.17, 15) is 13.2 Å². The molecule has 1 heterocycles. The maximum absolute atomic E-state index is 11.8. The molecule has 1 aromatic rings. The van der Waals surface area contributed by atoms with Crippen molar-refractivity contribution in [1.29, 1.82) is 0 Å². The number of furan rings is 1. The van der Waals surface area contributed by atoms with E-state index in [0.29, 0.717) is 6.54 Å². The summed E-state index contributed by atoms with van der Waals surface area (Å²) in [6.07, 6.45) is -3.37. The highest BCUT2D eigenvalue weighted by Crippen LogP contribution is 2.21. The van der Waals surface area contributed by atoms with E-state index in [1.807, 2.05) is 0 Å². The molecule has 0 aliphatic carbocycles. The Hall–Kier alpha value is -1.01. The molecule has 0 amide bonds. The maximum Gasteiger partial charge on any atom is 0.389 e. The van der Waals surface area contributed by atoms with Gasteiger partial charge < -0.3 is 14.5 Å². The van der Waals surface area contributed by atoms with Gasteiger partial charge in [0.2, 0.25) is 0 Å². The van der Waals surface area contributed by atoms with Crippen LogP contribution in [0, 0.1) is 0 Å². The minimum atomic E-state index is -4.10. The van der Waals surface area contributed by atoms with Gasteiger partial charge in [0.15, 0.2) is 0 Å². The molecule has 1 rings (SSSR count). The normalized spacial score (nSPS) is 12.0. The van der Waals surface area contributed by atoms with Gasteiger partial charge in [0, 0.05) is 18.6 Å². The summed E-state index contributed by atoms with van der Waals surface area (Å²) in [4.78, 5) is 0. The predicted octanol–water partition coefficient (Wildman–Crippen LogP) is 2.86. The predicted molar refractivity (Wildman–Crippen MR) is 56.4 cm³/mol. The molecule has 0 aromatic carbocycles. The zero-order chi connectivity index (χ0) is 12.7. The van der Waals surface area contributed by atoms with Gasteiger partial charge in [0.25, 0.3) is 0 Å². The first-order chi connectivity index (χ1) is 8.03. The van der Waals surface area contributed by atoms with E-state index in [-0.39, 0.29) is 19.6 Å². The molecule has 0 unspecified atom stereocenters. The van der Waals surface area contributed by atoms with Crippen LogP contribution in [0.5, 0.6) is 0 Å². The Morgan fingerprint density at radius 2 is 2.18 bits per heavy atom. The summed E-state index contributed by atoms with van der Waals surface area (Å²) in [6, 6.07) is 1.76. The molecule has 0 saturated carbocycles. The first kappa shape index (κ1) is 14.1. The topological polar surface area (TPSA) is 34.4 Å². The lowest BCUT2D eigenvalue weighted by Gasteiger charge is -2.07. The summed E-state index contributed by atoms with van der Waals surface area (Å²) in [5.74, 6) is 0.753. The third-order valence-electron chi connectivity index (χ3n) is 2.18.